The highest BCUT2D eigenvalue weighted by molar-refractivity contribution is 5.99. The van der Waals surface area contributed by atoms with Gasteiger partial charge in [0.2, 0.25) is 0 Å². The van der Waals surface area contributed by atoms with E-state index in [0.717, 1.165) is 0 Å². The molecule has 1 aliphatic carbocycles. The lowest BCUT2D eigenvalue weighted by Gasteiger charge is -1.98. The molecule has 1 N–H and O–H groups in total. The standard InChI is InChI=1S/C8H7NO2/c10-6-4-7(11)8-5(6)2-1-3-9-8/h1-3,6,10H,4H2/t6-/m0/s1. The molecule has 3 nitrogen and oxygen atoms in total. The Labute approximate surface area is 63.7 Å². The number of ketones is 1. The Bertz CT molecular complexity index is 309. The molecular formula is C8H7NO2. The summed E-state index contributed by atoms with van der Waals surface area (Å²) in [6.07, 6.45) is 1.12. The predicted molar refractivity (Wildman–Crippen MR) is 38.1 cm³/mol. The molecule has 0 spiro atoms. The fourth-order valence-corrected chi connectivity index (χ4v) is 1.30. The minimum Gasteiger partial charge on any atom is -0.388 e. The van der Waals surface area contributed by atoms with Crippen LogP contribution in [0.15, 0.2) is 18.3 Å². The first kappa shape index (κ1) is 6.49. The molecule has 0 aliphatic heterocycles. The van der Waals surface area contributed by atoms with Gasteiger partial charge < -0.3 is 5.11 Å². The minimum absolute atomic E-state index is 0.0619. The van der Waals surface area contributed by atoms with Crippen molar-refractivity contribution >= 4 is 5.78 Å². The van der Waals surface area contributed by atoms with Crippen molar-refractivity contribution in [1.29, 1.82) is 0 Å². The molecule has 1 aromatic rings. The van der Waals surface area contributed by atoms with E-state index < -0.39 is 6.10 Å². The van der Waals surface area contributed by atoms with Gasteiger partial charge in [-0.05, 0) is 6.07 Å². The molecule has 0 saturated carbocycles. The van der Waals surface area contributed by atoms with E-state index in [1.54, 1.807) is 18.3 Å². The fourth-order valence-electron chi connectivity index (χ4n) is 1.30. The molecule has 1 heterocycles. The van der Waals surface area contributed by atoms with Crippen LogP contribution in [0, 0.1) is 0 Å². The number of aliphatic hydroxyl groups is 1. The van der Waals surface area contributed by atoms with Gasteiger partial charge in [-0.3, -0.25) is 9.78 Å². The maximum absolute atomic E-state index is 11.1. The number of nitrogens with zero attached hydrogens (tertiary/aromatic N) is 1. The van der Waals surface area contributed by atoms with Crippen molar-refractivity contribution in [3.63, 3.8) is 0 Å². The molecule has 0 unspecified atom stereocenters. The third-order valence-corrected chi connectivity index (χ3v) is 1.84. The van der Waals surface area contributed by atoms with Crippen LogP contribution in [-0.4, -0.2) is 15.9 Å². The summed E-state index contributed by atoms with van der Waals surface area (Å²) in [6, 6.07) is 3.46. The van der Waals surface area contributed by atoms with Gasteiger partial charge in [0, 0.05) is 18.2 Å². The molecule has 0 fully saturated rings. The van der Waals surface area contributed by atoms with Gasteiger partial charge in [0.15, 0.2) is 5.78 Å². The van der Waals surface area contributed by atoms with E-state index in [2.05, 4.69) is 4.98 Å². The van der Waals surface area contributed by atoms with Crippen LogP contribution in [0.25, 0.3) is 0 Å². The van der Waals surface area contributed by atoms with Gasteiger partial charge in [0.1, 0.15) is 5.69 Å². The fraction of sp³-hybridized carbons (Fsp3) is 0.250. The summed E-state index contributed by atoms with van der Waals surface area (Å²) in [7, 11) is 0. The van der Waals surface area contributed by atoms with Crippen molar-refractivity contribution < 1.29 is 9.90 Å². The first-order valence-electron chi connectivity index (χ1n) is 3.45. The number of fused-ring (bicyclic) bond motifs is 1. The number of pyridine rings is 1. The van der Waals surface area contributed by atoms with Gasteiger partial charge in [0.25, 0.3) is 0 Å². The molecular weight excluding hydrogens is 142 g/mol. The van der Waals surface area contributed by atoms with E-state index in [0.29, 0.717) is 11.3 Å². The van der Waals surface area contributed by atoms with E-state index in [1.165, 1.54) is 0 Å². The second kappa shape index (κ2) is 2.13. The van der Waals surface area contributed by atoms with Crippen LogP contribution in [0.4, 0.5) is 0 Å². The zero-order chi connectivity index (χ0) is 7.84. The minimum atomic E-state index is -0.633. The first-order chi connectivity index (χ1) is 5.29. The summed E-state index contributed by atoms with van der Waals surface area (Å²) in [6.45, 7) is 0. The summed E-state index contributed by atoms with van der Waals surface area (Å²) >= 11 is 0. The van der Waals surface area contributed by atoms with E-state index >= 15 is 0 Å². The maximum atomic E-state index is 11.1. The van der Waals surface area contributed by atoms with Gasteiger partial charge in [-0.2, -0.15) is 0 Å². The van der Waals surface area contributed by atoms with Gasteiger partial charge in [-0.1, -0.05) is 6.07 Å². The molecule has 0 amide bonds. The largest absolute Gasteiger partial charge is 0.388 e. The smallest absolute Gasteiger partial charge is 0.184 e. The summed E-state index contributed by atoms with van der Waals surface area (Å²) in [5.74, 6) is -0.0619. The molecule has 11 heavy (non-hydrogen) atoms. The van der Waals surface area contributed by atoms with Crippen LogP contribution < -0.4 is 0 Å². The van der Waals surface area contributed by atoms with Crippen LogP contribution in [-0.2, 0) is 0 Å². The van der Waals surface area contributed by atoms with Gasteiger partial charge in [-0.15, -0.1) is 0 Å². The van der Waals surface area contributed by atoms with Crippen LogP contribution in [0.2, 0.25) is 0 Å². The van der Waals surface area contributed by atoms with Gasteiger partial charge in [-0.25, -0.2) is 0 Å². The number of Topliss-reactive ketones (excluding diaryl/α,β-unsaturated/α-hetero) is 1. The van der Waals surface area contributed by atoms with Crippen molar-refractivity contribution in [2.24, 2.45) is 0 Å². The SMILES string of the molecule is O=C1C[C@H](O)c2cccnc21. The van der Waals surface area contributed by atoms with Crippen LogP contribution in [0.1, 0.15) is 28.6 Å². The Morgan fingerprint density at radius 3 is 3.18 bits per heavy atom. The predicted octanol–water partition coefficient (Wildman–Crippen LogP) is 0.701. The van der Waals surface area contributed by atoms with Crippen molar-refractivity contribution in [1.82, 2.24) is 4.98 Å². The summed E-state index contributed by atoms with van der Waals surface area (Å²) in [4.78, 5) is 14.9. The van der Waals surface area contributed by atoms with E-state index in [-0.39, 0.29) is 12.2 Å². The highest BCUT2D eigenvalue weighted by atomic mass is 16.3. The zero-order valence-electron chi connectivity index (χ0n) is 5.82. The van der Waals surface area contributed by atoms with E-state index in [4.69, 9.17) is 0 Å². The Kier molecular flexibility index (Phi) is 1.26. The summed E-state index contributed by atoms with van der Waals surface area (Å²) < 4.78 is 0. The normalized spacial score (nSPS) is 21.9. The molecule has 0 saturated heterocycles. The van der Waals surface area contributed by atoms with Crippen LogP contribution >= 0.6 is 0 Å². The summed E-state index contributed by atoms with van der Waals surface area (Å²) in [5.41, 5.74) is 1.09. The number of carbonyl (C=O) groups is 1. The molecule has 56 valence electrons. The van der Waals surface area contributed by atoms with Crippen molar-refractivity contribution in [2.75, 3.05) is 0 Å². The molecule has 0 bridgehead atoms. The first-order valence-corrected chi connectivity index (χ1v) is 3.45. The third-order valence-electron chi connectivity index (χ3n) is 1.84. The molecule has 1 aliphatic rings. The molecule has 1 aromatic heterocycles. The Balaban J connectivity index is 2.60. The lowest BCUT2D eigenvalue weighted by atomic mass is 10.2. The molecule has 1 atom stereocenters. The Morgan fingerprint density at radius 2 is 2.45 bits per heavy atom. The van der Waals surface area contributed by atoms with Crippen LogP contribution in [0.5, 0.6) is 0 Å². The highest BCUT2D eigenvalue weighted by Crippen LogP contribution is 2.28. The lowest BCUT2D eigenvalue weighted by Crippen LogP contribution is -1.93. The third kappa shape index (κ3) is 0.851. The van der Waals surface area contributed by atoms with Gasteiger partial charge in [0.05, 0.1) is 6.10 Å². The lowest BCUT2D eigenvalue weighted by molar-refractivity contribution is 0.0927. The van der Waals surface area contributed by atoms with E-state index in [1.807, 2.05) is 0 Å². The average molecular weight is 149 g/mol. The average Bonchev–Trinajstić information content (AvgIpc) is 2.30. The quantitative estimate of drug-likeness (QED) is 0.590. The second-order valence-corrected chi connectivity index (χ2v) is 2.58. The zero-order valence-corrected chi connectivity index (χ0v) is 5.82. The van der Waals surface area contributed by atoms with Crippen molar-refractivity contribution in [3.05, 3.63) is 29.6 Å². The second-order valence-electron chi connectivity index (χ2n) is 2.58. The van der Waals surface area contributed by atoms with Crippen LogP contribution in [0.3, 0.4) is 0 Å². The molecule has 2 rings (SSSR count). The number of rotatable bonds is 0. The number of carbonyl (C=O) groups excluding carboxylic acids is 1. The summed E-state index contributed by atoms with van der Waals surface area (Å²) in [5, 5.41) is 9.29. The van der Waals surface area contributed by atoms with Gasteiger partial charge >= 0.3 is 0 Å². The topological polar surface area (TPSA) is 50.2 Å². The number of aromatic nitrogens is 1. The Morgan fingerprint density at radius 1 is 1.64 bits per heavy atom. The Hall–Kier alpha value is -1.22. The van der Waals surface area contributed by atoms with Crippen molar-refractivity contribution in [3.8, 4) is 0 Å². The molecule has 0 aromatic carbocycles. The highest BCUT2D eigenvalue weighted by Gasteiger charge is 2.28. The number of hydrogen-bond donors (Lipinski definition) is 1. The molecule has 3 heteroatoms. The van der Waals surface area contributed by atoms with E-state index in [9.17, 15) is 9.90 Å². The number of aliphatic hydroxyl groups excluding tert-OH is 1. The van der Waals surface area contributed by atoms with Crippen molar-refractivity contribution in [2.45, 2.75) is 12.5 Å². The monoisotopic (exact) mass is 149 g/mol. The molecule has 0 radical (unpaired) electrons. The number of hydrogen-bond acceptors (Lipinski definition) is 3. The maximum Gasteiger partial charge on any atom is 0.184 e.